The molecule has 8 heteroatoms. The fourth-order valence-electron chi connectivity index (χ4n) is 2.39. The molecule has 142 valence electrons. The Kier molecular flexibility index (Phi) is 7.32. The number of carbonyl (C=O) groups is 1. The summed E-state index contributed by atoms with van der Waals surface area (Å²) < 4.78 is 11.1. The molecule has 0 spiro atoms. The predicted molar refractivity (Wildman–Crippen MR) is 113 cm³/mol. The lowest BCUT2D eigenvalue weighted by molar-refractivity contribution is -0.123. The minimum Gasteiger partial charge on any atom is -0.495 e. The molecule has 5 nitrogen and oxygen atoms in total. The van der Waals surface area contributed by atoms with E-state index in [1.165, 1.54) is 23.3 Å². The number of ether oxygens (including phenoxy) is 2. The lowest BCUT2D eigenvalue weighted by atomic mass is 10.2. The van der Waals surface area contributed by atoms with Crippen LogP contribution in [-0.2, 0) is 4.79 Å². The third-order valence-corrected chi connectivity index (χ3v) is 7.12. The number of hydrogen-bond acceptors (Lipinski definition) is 6. The van der Waals surface area contributed by atoms with Crippen LogP contribution in [0.25, 0.3) is 0 Å². The molecule has 27 heavy (non-hydrogen) atoms. The lowest BCUT2D eigenvalue weighted by Crippen LogP contribution is -2.24. The molecule has 0 radical (unpaired) electrons. The van der Waals surface area contributed by atoms with Crippen molar-refractivity contribution in [3.63, 3.8) is 0 Å². The van der Waals surface area contributed by atoms with E-state index in [-0.39, 0.29) is 12.5 Å². The summed E-state index contributed by atoms with van der Waals surface area (Å²) in [5.41, 5.74) is 4.46. The normalized spacial score (nSPS) is 14.4. The van der Waals surface area contributed by atoms with Crippen LogP contribution in [0.5, 0.6) is 11.5 Å². The van der Waals surface area contributed by atoms with Crippen LogP contribution in [-0.4, -0.2) is 37.3 Å². The van der Waals surface area contributed by atoms with E-state index in [1.54, 1.807) is 25.3 Å². The highest BCUT2D eigenvalue weighted by atomic mass is 35.5. The molecule has 1 aliphatic heterocycles. The molecule has 0 atom stereocenters. The van der Waals surface area contributed by atoms with Gasteiger partial charge in [-0.25, -0.2) is 5.43 Å². The van der Waals surface area contributed by atoms with Gasteiger partial charge < -0.3 is 9.47 Å². The molecule has 0 aromatic heterocycles. The van der Waals surface area contributed by atoms with Gasteiger partial charge in [-0.15, -0.1) is 23.5 Å². The number of benzene rings is 2. The summed E-state index contributed by atoms with van der Waals surface area (Å²) in [5.74, 6) is 3.29. The van der Waals surface area contributed by atoms with Crippen molar-refractivity contribution >= 4 is 47.2 Å². The molecule has 1 saturated heterocycles. The summed E-state index contributed by atoms with van der Waals surface area (Å²) in [7, 11) is 1.55. The summed E-state index contributed by atoms with van der Waals surface area (Å²) in [6.45, 7) is -0.104. The third-order valence-electron chi connectivity index (χ3n) is 3.72. The van der Waals surface area contributed by atoms with Gasteiger partial charge in [0.05, 0.1) is 22.9 Å². The number of nitrogens with zero attached hydrogens (tertiary/aromatic N) is 1. The number of amides is 1. The Morgan fingerprint density at radius 2 is 2.00 bits per heavy atom. The van der Waals surface area contributed by atoms with Crippen LogP contribution in [0, 0.1) is 0 Å². The van der Waals surface area contributed by atoms with E-state index in [9.17, 15) is 4.79 Å². The Labute approximate surface area is 171 Å². The van der Waals surface area contributed by atoms with Crippen LogP contribution in [0.3, 0.4) is 0 Å². The van der Waals surface area contributed by atoms with Crippen LogP contribution < -0.4 is 14.9 Å². The maximum Gasteiger partial charge on any atom is 0.277 e. The monoisotopic (exact) mass is 422 g/mol. The fourth-order valence-corrected chi connectivity index (χ4v) is 5.52. The molecule has 1 aliphatic rings. The van der Waals surface area contributed by atoms with Crippen LogP contribution >= 0.6 is 35.1 Å². The second kappa shape index (κ2) is 9.92. The number of nitrogens with one attached hydrogen (secondary N) is 1. The highest BCUT2D eigenvalue weighted by Gasteiger charge is 2.17. The van der Waals surface area contributed by atoms with Gasteiger partial charge in [-0.3, -0.25) is 4.79 Å². The minimum absolute atomic E-state index is 0.104. The largest absolute Gasteiger partial charge is 0.495 e. The zero-order valence-corrected chi connectivity index (χ0v) is 17.1. The van der Waals surface area contributed by atoms with Crippen molar-refractivity contribution in [2.24, 2.45) is 5.10 Å². The van der Waals surface area contributed by atoms with Crippen LogP contribution in [0.2, 0.25) is 5.02 Å². The van der Waals surface area contributed by atoms with Gasteiger partial charge in [0.15, 0.2) is 6.61 Å². The van der Waals surface area contributed by atoms with Crippen molar-refractivity contribution in [2.75, 3.05) is 25.2 Å². The van der Waals surface area contributed by atoms with Gasteiger partial charge in [0, 0.05) is 11.5 Å². The van der Waals surface area contributed by atoms with Crippen molar-refractivity contribution in [2.45, 2.75) is 4.58 Å². The van der Waals surface area contributed by atoms with E-state index in [0.717, 1.165) is 5.56 Å². The number of rotatable bonds is 7. The molecule has 0 bridgehead atoms. The van der Waals surface area contributed by atoms with Gasteiger partial charge in [0.25, 0.3) is 5.91 Å². The molecular weight excluding hydrogens is 404 g/mol. The molecule has 3 rings (SSSR count). The van der Waals surface area contributed by atoms with Gasteiger partial charge in [-0.2, -0.15) is 5.10 Å². The molecule has 2 aromatic rings. The van der Waals surface area contributed by atoms with Gasteiger partial charge >= 0.3 is 0 Å². The second-order valence-electron chi connectivity index (χ2n) is 5.62. The first kappa shape index (κ1) is 19.9. The minimum atomic E-state index is -0.336. The maximum atomic E-state index is 11.8. The van der Waals surface area contributed by atoms with E-state index < -0.39 is 0 Å². The molecule has 1 heterocycles. The van der Waals surface area contributed by atoms with E-state index >= 15 is 0 Å². The number of carbonyl (C=O) groups excluding carboxylic acids is 1. The topological polar surface area (TPSA) is 59.9 Å². The summed E-state index contributed by atoms with van der Waals surface area (Å²) in [5, 5.41) is 4.39. The first-order valence-corrected chi connectivity index (χ1v) is 10.7. The second-order valence-corrected chi connectivity index (χ2v) is 8.75. The van der Waals surface area contributed by atoms with Gasteiger partial charge in [-0.1, -0.05) is 23.7 Å². The van der Waals surface area contributed by atoms with Crippen molar-refractivity contribution < 1.29 is 14.3 Å². The Morgan fingerprint density at radius 3 is 2.67 bits per heavy atom. The van der Waals surface area contributed by atoms with Gasteiger partial charge in [0.1, 0.15) is 11.5 Å². The summed E-state index contributed by atoms with van der Waals surface area (Å²) in [6.07, 6.45) is 1.51. The summed E-state index contributed by atoms with van der Waals surface area (Å²) >= 11 is 9.96. The Hall–Kier alpha value is -1.83. The first-order valence-electron chi connectivity index (χ1n) is 8.27. The van der Waals surface area contributed by atoms with Crippen molar-refractivity contribution in [1.82, 2.24) is 5.43 Å². The SMILES string of the molecule is COc1ccc(/C=N\NC(=O)COc2ccc(C3SCCS3)cc2)cc1Cl. The number of hydrazone groups is 1. The van der Waals surface area contributed by atoms with Crippen molar-refractivity contribution in [3.05, 3.63) is 58.6 Å². The van der Waals surface area contributed by atoms with Crippen molar-refractivity contribution in [3.8, 4) is 11.5 Å². The zero-order valence-electron chi connectivity index (χ0n) is 14.7. The Bertz CT molecular complexity index is 809. The fraction of sp³-hybridized carbons (Fsp3) is 0.263. The lowest BCUT2D eigenvalue weighted by Gasteiger charge is -2.10. The maximum absolute atomic E-state index is 11.8. The third kappa shape index (κ3) is 5.82. The number of halogens is 1. The molecule has 0 saturated carbocycles. The first-order chi connectivity index (χ1) is 13.2. The van der Waals surface area contributed by atoms with E-state index in [4.69, 9.17) is 21.1 Å². The van der Waals surface area contributed by atoms with E-state index in [0.29, 0.717) is 21.1 Å². The quantitative estimate of drug-likeness (QED) is 0.530. The summed E-state index contributed by atoms with van der Waals surface area (Å²) in [6, 6.07) is 13.1. The predicted octanol–water partition coefficient (Wildman–Crippen LogP) is 4.36. The highest BCUT2D eigenvalue weighted by Crippen LogP contribution is 2.45. The van der Waals surface area contributed by atoms with Crippen molar-refractivity contribution in [1.29, 1.82) is 0 Å². The molecule has 0 aliphatic carbocycles. The molecular formula is C19H19ClN2O3S2. The average molecular weight is 423 g/mol. The van der Waals surface area contributed by atoms with Gasteiger partial charge in [-0.05, 0) is 41.5 Å². The zero-order chi connectivity index (χ0) is 19.1. The van der Waals surface area contributed by atoms with Crippen LogP contribution in [0.4, 0.5) is 0 Å². The summed E-state index contributed by atoms with van der Waals surface area (Å²) in [4.78, 5) is 11.8. The molecule has 1 amide bonds. The molecule has 1 N–H and O–H groups in total. The smallest absolute Gasteiger partial charge is 0.277 e. The van der Waals surface area contributed by atoms with Gasteiger partial charge in [0.2, 0.25) is 0 Å². The standard InChI is InChI=1S/C19H19ClN2O3S2/c1-24-17-7-2-13(10-16(17)20)11-21-22-18(23)12-25-15-5-3-14(4-6-15)19-26-8-9-27-19/h2-7,10-11,19H,8-9,12H2,1H3,(H,22,23)/b21-11-. The number of hydrogen-bond donors (Lipinski definition) is 1. The van der Waals surface area contributed by atoms with E-state index in [2.05, 4.69) is 22.7 Å². The number of thioether (sulfide) groups is 2. The Balaban J connectivity index is 1.44. The van der Waals surface area contributed by atoms with E-state index in [1.807, 2.05) is 35.7 Å². The Morgan fingerprint density at radius 1 is 1.26 bits per heavy atom. The number of methoxy groups -OCH3 is 1. The van der Waals surface area contributed by atoms with Crippen LogP contribution in [0.1, 0.15) is 15.7 Å². The molecule has 0 unspecified atom stereocenters. The average Bonchev–Trinajstić information content (AvgIpc) is 3.22. The highest BCUT2D eigenvalue weighted by molar-refractivity contribution is 8.19. The van der Waals surface area contributed by atoms with Crippen LogP contribution in [0.15, 0.2) is 47.6 Å². The molecule has 2 aromatic carbocycles. The molecule has 1 fully saturated rings.